The molecule has 0 bridgehead atoms. The quantitative estimate of drug-likeness (QED) is 0.534. The van der Waals surface area contributed by atoms with Crippen LogP contribution in [-0.2, 0) is 16.1 Å². The van der Waals surface area contributed by atoms with Crippen LogP contribution in [-0.4, -0.2) is 35.6 Å². The highest BCUT2D eigenvalue weighted by molar-refractivity contribution is 6.31. The van der Waals surface area contributed by atoms with E-state index in [1.807, 2.05) is 13.8 Å². The number of carboxylic acid groups (broad SMARTS) is 1. The molecule has 0 spiro atoms. The van der Waals surface area contributed by atoms with Crippen molar-refractivity contribution in [3.63, 3.8) is 0 Å². The predicted molar refractivity (Wildman–Crippen MR) is 95.3 cm³/mol. The number of carboxylic acids is 1. The maximum Gasteiger partial charge on any atom is 0.328 e. The van der Waals surface area contributed by atoms with Gasteiger partial charge in [-0.05, 0) is 24.5 Å². The Morgan fingerprint density at radius 1 is 1.12 bits per heavy atom. The molecule has 0 radical (unpaired) electrons. The van der Waals surface area contributed by atoms with E-state index < -0.39 is 18.0 Å². The fraction of sp³-hybridized carbons (Fsp3) is 0.471. The Morgan fingerprint density at radius 2 is 1.76 bits per heavy atom. The largest absolute Gasteiger partial charge is 0.480 e. The van der Waals surface area contributed by atoms with Crippen LogP contribution in [0.3, 0.4) is 0 Å². The summed E-state index contributed by atoms with van der Waals surface area (Å²) in [5, 5.41) is 17.2. The number of nitrogens with one attached hydrogen (secondary N) is 3. The lowest BCUT2D eigenvalue weighted by molar-refractivity contribution is -0.142. The number of urea groups is 1. The topological polar surface area (TPSA) is 108 Å². The molecule has 8 heteroatoms. The molecule has 4 N–H and O–H groups in total. The molecule has 0 aromatic heterocycles. The summed E-state index contributed by atoms with van der Waals surface area (Å²) in [7, 11) is 0. The number of carbonyl (C=O) groups excluding carboxylic acids is 2. The van der Waals surface area contributed by atoms with Crippen molar-refractivity contribution in [1.29, 1.82) is 0 Å². The van der Waals surface area contributed by atoms with Gasteiger partial charge in [0.2, 0.25) is 5.91 Å². The van der Waals surface area contributed by atoms with Gasteiger partial charge >= 0.3 is 12.0 Å². The van der Waals surface area contributed by atoms with Gasteiger partial charge in [-0.15, -0.1) is 0 Å². The third kappa shape index (κ3) is 7.01. The van der Waals surface area contributed by atoms with E-state index in [2.05, 4.69) is 16.0 Å². The first-order valence-corrected chi connectivity index (χ1v) is 8.55. The standard InChI is InChI=1S/C17H24ClN3O4/c1-3-11(4-2)15(22)21-14(16(23)24)10-20-17(25)19-9-12-7-5-6-8-13(12)18/h5-8,11,14H,3-4,9-10H2,1-2H3,(H,21,22)(H,23,24)(H2,19,20,25)/t14-/m0/s1. The van der Waals surface area contributed by atoms with Crippen molar-refractivity contribution >= 4 is 29.5 Å². The average molecular weight is 370 g/mol. The molecule has 138 valence electrons. The van der Waals surface area contributed by atoms with Crippen LogP contribution in [0, 0.1) is 5.92 Å². The van der Waals surface area contributed by atoms with E-state index in [0.717, 1.165) is 5.56 Å². The molecule has 3 amide bonds. The number of hydrogen-bond acceptors (Lipinski definition) is 3. The van der Waals surface area contributed by atoms with Crippen LogP contribution >= 0.6 is 11.6 Å². The minimum atomic E-state index is -1.20. The lowest BCUT2D eigenvalue weighted by Gasteiger charge is -2.19. The Bertz CT molecular complexity index is 605. The summed E-state index contributed by atoms with van der Waals surface area (Å²) in [5.41, 5.74) is 0.746. The van der Waals surface area contributed by atoms with Crippen LogP contribution in [0.2, 0.25) is 5.02 Å². The van der Waals surface area contributed by atoms with Gasteiger partial charge in [0.1, 0.15) is 6.04 Å². The minimum Gasteiger partial charge on any atom is -0.480 e. The molecule has 1 rings (SSSR count). The monoisotopic (exact) mass is 369 g/mol. The predicted octanol–water partition coefficient (Wildman–Crippen LogP) is 2.14. The molecular formula is C17H24ClN3O4. The van der Waals surface area contributed by atoms with Crippen molar-refractivity contribution in [3.05, 3.63) is 34.9 Å². The van der Waals surface area contributed by atoms with E-state index in [4.69, 9.17) is 11.6 Å². The first-order chi connectivity index (χ1) is 11.9. The zero-order valence-electron chi connectivity index (χ0n) is 14.3. The van der Waals surface area contributed by atoms with Crippen molar-refractivity contribution < 1.29 is 19.5 Å². The molecule has 1 atom stereocenters. The van der Waals surface area contributed by atoms with Gasteiger partial charge in [0, 0.05) is 17.5 Å². The molecule has 0 aliphatic rings. The zero-order valence-corrected chi connectivity index (χ0v) is 15.1. The summed E-state index contributed by atoms with van der Waals surface area (Å²) >= 11 is 5.99. The maximum absolute atomic E-state index is 12.0. The number of halogens is 1. The SMILES string of the molecule is CCC(CC)C(=O)N[C@@H](CNC(=O)NCc1ccccc1Cl)C(=O)O. The van der Waals surface area contributed by atoms with Gasteiger partial charge in [0.25, 0.3) is 0 Å². The second kappa shape index (κ2) is 10.6. The van der Waals surface area contributed by atoms with Gasteiger partial charge in [-0.1, -0.05) is 43.6 Å². The Kier molecular flexibility index (Phi) is 8.77. The van der Waals surface area contributed by atoms with Gasteiger partial charge < -0.3 is 21.1 Å². The highest BCUT2D eigenvalue weighted by Gasteiger charge is 2.23. The summed E-state index contributed by atoms with van der Waals surface area (Å²) in [6, 6.07) is 5.35. The van der Waals surface area contributed by atoms with Crippen LogP contribution < -0.4 is 16.0 Å². The van der Waals surface area contributed by atoms with E-state index in [-0.39, 0.29) is 24.9 Å². The molecule has 0 saturated heterocycles. The lowest BCUT2D eigenvalue weighted by atomic mass is 10.0. The van der Waals surface area contributed by atoms with Gasteiger partial charge in [-0.3, -0.25) is 4.79 Å². The van der Waals surface area contributed by atoms with Crippen molar-refractivity contribution in [1.82, 2.24) is 16.0 Å². The highest BCUT2D eigenvalue weighted by atomic mass is 35.5. The van der Waals surface area contributed by atoms with E-state index in [0.29, 0.717) is 17.9 Å². The summed E-state index contributed by atoms with van der Waals surface area (Å²) < 4.78 is 0. The number of amides is 3. The normalized spacial score (nSPS) is 11.7. The minimum absolute atomic E-state index is 0.212. The van der Waals surface area contributed by atoms with Crippen LogP contribution in [0.15, 0.2) is 24.3 Å². The van der Waals surface area contributed by atoms with E-state index in [1.54, 1.807) is 24.3 Å². The molecule has 0 aliphatic carbocycles. The molecule has 25 heavy (non-hydrogen) atoms. The number of carbonyl (C=O) groups is 3. The Hall–Kier alpha value is -2.28. The average Bonchev–Trinajstić information content (AvgIpc) is 2.58. The third-order valence-corrected chi connectivity index (χ3v) is 4.20. The Morgan fingerprint density at radius 3 is 2.32 bits per heavy atom. The molecule has 0 fully saturated rings. The van der Waals surface area contributed by atoms with Crippen molar-refractivity contribution in [3.8, 4) is 0 Å². The smallest absolute Gasteiger partial charge is 0.328 e. The van der Waals surface area contributed by atoms with Gasteiger partial charge in [-0.2, -0.15) is 0 Å². The summed E-state index contributed by atoms with van der Waals surface area (Å²) in [6.07, 6.45) is 1.25. The number of rotatable bonds is 9. The van der Waals surface area contributed by atoms with E-state index in [9.17, 15) is 19.5 Å². The summed E-state index contributed by atoms with van der Waals surface area (Å²) in [6.45, 7) is 3.73. The fourth-order valence-corrected chi connectivity index (χ4v) is 2.43. The molecule has 0 aliphatic heterocycles. The molecule has 7 nitrogen and oxygen atoms in total. The zero-order chi connectivity index (χ0) is 18.8. The molecule has 0 heterocycles. The second-order valence-electron chi connectivity index (χ2n) is 5.57. The van der Waals surface area contributed by atoms with Crippen LogP contribution in [0.25, 0.3) is 0 Å². The summed E-state index contributed by atoms with van der Waals surface area (Å²) in [5.74, 6) is -1.77. The fourth-order valence-electron chi connectivity index (χ4n) is 2.22. The van der Waals surface area contributed by atoms with Crippen LogP contribution in [0.5, 0.6) is 0 Å². The lowest BCUT2D eigenvalue weighted by Crippen LogP contribution is -2.51. The first-order valence-electron chi connectivity index (χ1n) is 8.17. The van der Waals surface area contributed by atoms with E-state index in [1.165, 1.54) is 0 Å². The van der Waals surface area contributed by atoms with Gasteiger partial charge in [0.05, 0.1) is 6.54 Å². The van der Waals surface area contributed by atoms with E-state index >= 15 is 0 Å². The van der Waals surface area contributed by atoms with Crippen molar-refractivity contribution in [2.45, 2.75) is 39.3 Å². The molecule has 0 saturated carbocycles. The van der Waals surface area contributed by atoms with Gasteiger partial charge in [-0.25, -0.2) is 9.59 Å². The highest BCUT2D eigenvalue weighted by Crippen LogP contribution is 2.14. The summed E-state index contributed by atoms with van der Waals surface area (Å²) in [4.78, 5) is 35.1. The van der Waals surface area contributed by atoms with Crippen molar-refractivity contribution in [2.75, 3.05) is 6.54 Å². The molecule has 1 aromatic rings. The van der Waals surface area contributed by atoms with Crippen LogP contribution in [0.1, 0.15) is 32.3 Å². The maximum atomic E-state index is 12.0. The molecule has 0 unspecified atom stereocenters. The number of hydrogen-bond donors (Lipinski definition) is 4. The first kappa shape index (κ1) is 20.8. The van der Waals surface area contributed by atoms with Crippen LogP contribution in [0.4, 0.5) is 4.79 Å². The number of aliphatic carboxylic acids is 1. The third-order valence-electron chi connectivity index (χ3n) is 3.83. The molecule has 1 aromatic carbocycles. The van der Waals surface area contributed by atoms with Gasteiger partial charge in [0.15, 0.2) is 0 Å². The number of benzene rings is 1. The van der Waals surface area contributed by atoms with Crippen molar-refractivity contribution in [2.24, 2.45) is 5.92 Å². The molecular weight excluding hydrogens is 346 g/mol. The Balaban J connectivity index is 2.48. The second-order valence-corrected chi connectivity index (χ2v) is 5.98. The Labute approximate surface area is 152 Å².